The Balaban J connectivity index is 0.842. The van der Waals surface area contributed by atoms with E-state index in [0.717, 1.165) is 50.4 Å². The van der Waals surface area contributed by atoms with Crippen molar-refractivity contribution in [2.24, 2.45) is 35.5 Å². The fourth-order valence-electron chi connectivity index (χ4n) is 18.1. The summed E-state index contributed by atoms with van der Waals surface area (Å²) in [6.45, 7) is 8.92. The van der Waals surface area contributed by atoms with Gasteiger partial charge in [0.25, 0.3) is 19.4 Å². The number of anilines is 2. The largest absolute Gasteiger partial charge is 0.481 e. The third-order valence-corrected chi connectivity index (χ3v) is 31.7. The van der Waals surface area contributed by atoms with Crippen molar-refractivity contribution in [2.75, 3.05) is 101 Å². The first-order chi connectivity index (χ1) is 70.8. The van der Waals surface area contributed by atoms with Crippen LogP contribution in [0.5, 0.6) is 0 Å². The maximum Gasteiger partial charge on any atom is 0.305 e. The molecule has 11 rings (SSSR count). The molecule has 149 heavy (non-hydrogen) atoms. The highest BCUT2D eigenvalue weighted by Crippen LogP contribution is 2.38. The maximum absolute atomic E-state index is 15.0. The van der Waals surface area contributed by atoms with E-state index in [0.29, 0.717) is 34.6 Å². The monoisotopic (exact) mass is 2140 g/mol. The standard InChI is InChI=1S/C95H133N24O27PS2/c1-9-46(5)58-36-96-72(124)38-100-84(136)62-32-56-54-28-50(18-20-60(54)113-92(56)148-44-66(107-74(126)40-98-82(58)134)86(138)111-64(34-78(130)131)94(144)118-42-52(120)30-68(118)88(140)115-80(48(7)11-3)90(142)109-62)105-70(122)16-13-24-102-147(146,104-26-15-27-117-76(128)22-23-77(117)129)103-25-14-17-71(123)106-51-19-21-61-55(29-51)57-33-63-85(137)101-39-73(125)97-37-59(47(6)10-2)83(135)99-41-75(127)108-67(45-149-93(57)114-61)87(139)112-65(35-79(132)133)95(145)119-43-53(121)31-69(119)89(141)116-81(49(8)12-4)91(143)110-63/h18-23,28-29,46-49,52-53,58-59,62-69,80-81,113-114,120-121H,9-17,24-27,30-45H2,1-8H3,(H,96,124)(H,97,125)(H,98,134)(H,99,135)(H,100,136)(H,101,137)(H,105,122)(H,106,123)(H,107,126)(H,108,127)(H,109,142)(H,110,143)(H,111,138)(H,112,139)(H,115,140)(H,116,141)(H,130,131)(H,132,133)(H3,102,103,104,146)/t46-,47-,48?,49?,52+,53+,58-,59-,62-,63-,64-,65-,66-,67-,68-,69-,80-,81-,147?/m0/s1. The van der Waals surface area contributed by atoms with Crippen LogP contribution in [0.4, 0.5) is 11.4 Å². The molecule has 0 spiro atoms. The molecule has 20 amide bonds. The highest BCUT2D eigenvalue weighted by Gasteiger charge is 2.48. The van der Waals surface area contributed by atoms with Crippen LogP contribution in [0.2, 0.25) is 0 Å². The predicted molar refractivity (Wildman–Crippen MR) is 538 cm³/mol. The van der Waals surface area contributed by atoms with Gasteiger partial charge in [-0.3, -0.25) is 115 Å². The summed E-state index contributed by atoms with van der Waals surface area (Å²) in [5, 5.41) is 94.3. The number of fused-ring (bicyclic) bond motifs is 10. The summed E-state index contributed by atoms with van der Waals surface area (Å²) >= 11 is 1.77. The number of aromatic nitrogens is 2. The van der Waals surface area contributed by atoms with Crippen molar-refractivity contribution >= 4 is 194 Å². The molecule has 18 atom stereocenters. The molecule has 2 aromatic carbocycles. The van der Waals surface area contributed by atoms with Crippen molar-refractivity contribution in [2.45, 2.75) is 234 Å². The van der Waals surface area contributed by atoms with E-state index < -0.39 is 323 Å². The smallest absolute Gasteiger partial charge is 0.305 e. The Morgan fingerprint density at radius 3 is 1.17 bits per heavy atom. The second-order valence-electron chi connectivity index (χ2n) is 38.2. The lowest BCUT2D eigenvalue weighted by Crippen LogP contribution is -2.60. The third kappa shape index (κ3) is 31.6. The summed E-state index contributed by atoms with van der Waals surface area (Å²) in [6.07, 6.45) is -3.34. The molecule has 0 radical (unpaired) electrons. The normalized spacial score (nSPS) is 25.8. The molecular formula is C95H133N24O27PS2. The van der Waals surface area contributed by atoms with E-state index in [4.69, 9.17) is 0 Å². The lowest BCUT2D eigenvalue weighted by atomic mass is 9.90. The molecule has 2 saturated heterocycles. The van der Waals surface area contributed by atoms with Gasteiger partial charge in [0, 0.05) is 148 Å². The van der Waals surface area contributed by atoms with Crippen molar-refractivity contribution in [3.05, 3.63) is 59.7 Å². The zero-order chi connectivity index (χ0) is 109. The molecule has 2 fully saturated rings. The first kappa shape index (κ1) is 116. The van der Waals surface area contributed by atoms with E-state index in [-0.39, 0.29) is 129 Å². The molecule has 2 unspecified atom stereocenters. The highest BCUT2D eigenvalue weighted by atomic mass is 32.2. The molecule has 812 valence electrons. The van der Waals surface area contributed by atoms with Crippen LogP contribution in [-0.2, 0) is 123 Å². The Kier molecular flexibility index (Phi) is 41.7. The molecule has 0 saturated carbocycles. The number of nitrogens with one attached hydrogen (secondary N) is 21. The summed E-state index contributed by atoms with van der Waals surface area (Å²) in [5.41, 5.74) is 1.45. The minimum absolute atomic E-state index is 0.00666. The number of imide groups is 1. The number of aliphatic hydroxyl groups is 2. The number of benzene rings is 2. The van der Waals surface area contributed by atoms with Gasteiger partial charge in [-0.2, -0.15) is 0 Å². The second-order valence-corrected chi connectivity index (χ2v) is 42.5. The Morgan fingerprint density at radius 2 is 0.799 bits per heavy atom. The zero-order valence-corrected chi connectivity index (χ0v) is 86.3. The minimum atomic E-state index is -3.97. The van der Waals surface area contributed by atoms with Gasteiger partial charge in [-0.15, -0.1) is 23.5 Å². The highest BCUT2D eigenvalue weighted by molar-refractivity contribution is 7.99. The number of thioether (sulfide) groups is 2. The Morgan fingerprint density at radius 1 is 0.430 bits per heavy atom. The van der Waals surface area contributed by atoms with Crippen molar-refractivity contribution in [1.82, 2.24) is 114 Å². The lowest BCUT2D eigenvalue weighted by Gasteiger charge is -2.31. The number of carbonyl (C=O) groups excluding carboxylic acids is 20. The number of rotatable bonds is 29. The molecule has 54 heteroatoms. The quantitative estimate of drug-likeness (QED) is 0.0141. The van der Waals surface area contributed by atoms with Crippen LogP contribution in [0.25, 0.3) is 21.8 Å². The average molecular weight is 2140 g/mol. The van der Waals surface area contributed by atoms with Gasteiger partial charge in [-0.1, -0.05) is 81.1 Å². The molecule has 25 N–H and O–H groups in total. The van der Waals surface area contributed by atoms with Gasteiger partial charge in [0.2, 0.25) is 106 Å². The average Bonchev–Trinajstić information content (AvgIpc) is 1.63. The number of carboxylic acid groups (broad SMARTS) is 2. The van der Waals surface area contributed by atoms with Crippen LogP contribution >= 0.6 is 31.1 Å². The zero-order valence-electron chi connectivity index (χ0n) is 83.8. The van der Waals surface area contributed by atoms with E-state index in [9.17, 15) is 116 Å². The molecule has 7 aliphatic rings. The summed E-state index contributed by atoms with van der Waals surface area (Å²) in [6, 6.07) is -7.31. The Labute approximate surface area is 865 Å². The van der Waals surface area contributed by atoms with Crippen molar-refractivity contribution < 1.29 is 130 Å². The Bertz CT molecular complexity index is 5510. The van der Waals surface area contributed by atoms with Gasteiger partial charge < -0.3 is 125 Å². The van der Waals surface area contributed by atoms with Crippen LogP contribution in [0.1, 0.15) is 150 Å². The molecule has 2 aromatic heterocycles. The number of nitrogens with zero attached hydrogens (tertiary/aromatic N) is 3. The predicted octanol–water partition coefficient (Wildman–Crippen LogP) is -3.83. The van der Waals surface area contributed by atoms with Crippen LogP contribution in [0.15, 0.2) is 58.6 Å². The van der Waals surface area contributed by atoms with Crippen molar-refractivity contribution in [3.8, 4) is 0 Å². The number of aromatic amines is 2. The van der Waals surface area contributed by atoms with E-state index in [1.54, 1.807) is 67.5 Å². The fraction of sp³-hybridized carbons (Fsp3) is 0.579. The number of H-pyrrole nitrogens is 2. The van der Waals surface area contributed by atoms with E-state index in [1.807, 2.05) is 0 Å². The van der Waals surface area contributed by atoms with Crippen molar-refractivity contribution in [1.29, 1.82) is 0 Å². The van der Waals surface area contributed by atoms with E-state index in [1.165, 1.54) is 24.3 Å². The van der Waals surface area contributed by atoms with E-state index in [2.05, 4.69) is 110 Å². The summed E-state index contributed by atoms with van der Waals surface area (Å²) in [5.74, 6) is -25.2. The molecular weight excluding hydrogens is 2000 g/mol. The van der Waals surface area contributed by atoms with Gasteiger partial charge in [0.15, 0.2) is 0 Å². The lowest BCUT2D eigenvalue weighted by molar-refractivity contribution is -0.146. The molecule has 4 bridgehead atoms. The number of amides is 20. The molecule has 51 nitrogen and oxygen atoms in total. The van der Waals surface area contributed by atoms with E-state index >= 15 is 14.2 Å². The summed E-state index contributed by atoms with van der Waals surface area (Å²) in [7, 11) is -3.97. The third-order valence-electron chi connectivity index (χ3n) is 27.5. The fourth-order valence-corrected chi connectivity index (χ4v) is 22.1. The number of aliphatic hydroxyl groups excluding tert-OH is 2. The topological polar surface area (TPSA) is 743 Å². The number of hydrogen-bond donors (Lipinski definition) is 25. The van der Waals surface area contributed by atoms with Crippen LogP contribution in [0, 0.1) is 35.5 Å². The Hall–Kier alpha value is -13.5. The van der Waals surface area contributed by atoms with Crippen LogP contribution < -0.4 is 100 Å². The van der Waals surface area contributed by atoms with Crippen molar-refractivity contribution in [3.63, 3.8) is 0 Å². The van der Waals surface area contributed by atoms with Gasteiger partial charge in [-0.05, 0) is 90.5 Å². The van der Waals surface area contributed by atoms with Gasteiger partial charge >= 0.3 is 11.9 Å². The number of carboxylic acids is 2. The second kappa shape index (κ2) is 53.6. The maximum atomic E-state index is 15.0. The van der Waals surface area contributed by atoms with Gasteiger partial charge in [0.05, 0.1) is 73.1 Å². The number of aliphatic carboxylic acids is 2. The number of carbonyl (C=O) groups is 22. The first-order valence-electron chi connectivity index (χ1n) is 49.9. The molecule has 9 heterocycles. The molecule has 7 aliphatic heterocycles. The van der Waals surface area contributed by atoms with Crippen LogP contribution in [-0.4, -0.2) is 338 Å². The minimum Gasteiger partial charge on any atom is -0.481 e. The molecule has 0 aliphatic carbocycles. The summed E-state index contributed by atoms with van der Waals surface area (Å²) < 4.78 is 15.0. The van der Waals surface area contributed by atoms with Crippen LogP contribution in [0.3, 0.4) is 0 Å². The van der Waals surface area contributed by atoms with Gasteiger partial charge in [-0.25, -0.2) is 15.3 Å². The van der Waals surface area contributed by atoms with Gasteiger partial charge in [0.1, 0.15) is 60.4 Å². The first-order valence-corrected chi connectivity index (χ1v) is 53.5. The SMILES string of the molecule is CCC(C)[C@@H]1NC(=O)[C@@H]2C[C@@H](O)CN2C(=O)[C@H](CC(=O)O)NC(=O)[C@@H]2CSc3[nH]c4ccc(NC(=O)CCCNP(=O)(NCCCC(=O)Nc5ccc6[nH]c7c(c6c5)C[C@@H]5NC(=O)[C@H](C(C)CC)NC(=O)[C@@H]6C[C@@H](O)CN6C(=O)[C@H](CC(=O)O)NC(=O)[C@H](CS7)NC(=O)CNC(=O)[C@H]([C@@H](C)CC)CNC(=O)CNC5=O)NCCCN5C(=O)C=CC5=O)cc4c3C[C@H](NC1=O)C(=O)NCC(=O)NC[C@@H]([C@@H](C)CC)C(=O)NCC(=O)N2. The molecule has 4 aromatic rings. The number of hydrogen-bond acceptors (Lipinski definition) is 27. The summed E-state index contributed by atoms with van der Waals surface area (Å²) in [4.78, 5) is 319.